The first-order chi connectivity index (χ1) is 14.1. The maximum absolute atomic E-state index is 12.1. The van der Waals surface area contributed by atoms with Crippen LogP contribution < -0.4 is 20.9 Å². The van der Waals surface area contributed by atoms with E-state index in [1.165, 1.54) is 35.4 Å². The van der Waals surface area contributed by atoms with Gasteiger partial charge < -0.3 is 20.9 Å². The summed E-state index contributed by atoms with van der Waals surface area (Å²) in [4.78, 5) is 23.6. The van der Waals surface area contributed by atoms with E-state index in [-0.39, 0.29) is 35.9 Å². The van der Waals surface area contributed by atoms with Gasteiger partial charge in [-0.2, -0.15) is 0 Å². The van der Waals surface area contributed by atoms with E-state index in [2.05, 4.69) is 62.0 Å². The molecule has 0 bridgehead atoms. The van der Waals surface area contributed by atoms with Crippen LogP contribution in [0.25, 0.3) is 0 Å². The van der Waals surface area contributed by atoms with Crippen LogP contribution in [-0.2, 0) is 0 Å². The number of rotatable bonds is 7. The lowest BCUT2D eigenvalue weighted by Crippen LogP contribution is -2.42. The second-order valence-electron chi connectivity index (χ2n) is 7.18. The zero-order chi connectivity index (χ0) is 20.6. The molecule has 1 aromatic heterocycles. The van der Waals surface area contributed by atoms with Crippen molar-refractivity contribution in [3.05, 3.63) is 45.9 Å². The van der Waals surface area contributed by atoms with E-state index in [4.69, 9.17) is 0 Å². The average molecular weight is 542 g/mol. The smallest absolute Gasteiger partial charge is 0.263 e. The van der Waals surface area contributed by atoms with Crippen molar-refractivity contribution < 1.29 is 4.79 Å². The van der Waals surface area contributed by atoms with E-state index in [0.29, 0.717) is 23.9 Å². The molecule has 1 saturated heterocycles. The van der Waals surface area contributed by atoms with Gasteiger partial charge in [-0.1, -0.05) is 12.1 Å². The highest BCUT2D eigenvalue weighted by atomic mass is 127. The summed E-state index contributed by atoms with van der Waals surface area (Å²) in [6.07, 6.45) is 2.54. The van der Waals surface area contributed by atoms with Gasteiger partial charge in [0.1, 0.15) is 4.88 Å². The molecule has 3 N–H and O–H groups in total. The van der Waals surface area contributed by atoms with Gasteiger partial charge in [-0.15, -0.1) is 35.3 Å². The first-order valence-electron chi connectivity index (χ1n) is 10.1. The number of carbonyl (C=O) groups is 1. The van der Waals surface area contributed by atoms with Crippen molar-refractivity contribution >= 4 is 52.9 Å². The van der Waals surface area contributed by atoms with E-state index < -0.39 is 0 Å². The topological polar surface area (TPSA) is 81.6 Å². The molecule has 0 aliphatic carbocycles. The predicted octanol–water partition coefficient (Wildman–Crippen LogP) is 3.33. The van der Waals surface area contributed by atoms with Crippen LogP contribution in [-0.4, -0.2) is 50.1 Å². The number of thiazole rings is 1. The summed E-state index contributed by atoms with van der Waals surface area (Å²) >= 11 is 1.36. The molecule has 164 valence electrons. The molecular weight excluding hydrogens is 511 g/mol. The molecule has 2 heterocycles. The van der Waals surface area contributed by atoms with E-state index in [9.17, 15) is 4.79 Å². The fourth-order valence-corrected chi connectivity index (χ4v) is 4.12. The summed E-state index contributed by atoms with van der Waals surface area (Å²) in [7, 11) is 1.75. The van der Waals surface area contributed by atoms with Gasteiger partial charge in [0.05, 0.1) is 17.2 Å². The first-order valence-corrected chi connectivity index (χ1v) is 11.0. The molecule has 1 unspecified atom stereocenters. The van der Waals surface area contributed by atoms with Crippen LogP contribution in [0.15, 0.2) is 34.8 Å². The third-order valence-electron chi connectivity index (χ3n) is 5.07. The Hall–Kier alpha value is -1.88. The Morgan fingerprint density at radius 2 is 2.00 bits per heavy atom. The number of hydrogen-bond donors (Lipinski definition) is 3. The molecule has 1 amide bonds. The number of guanidine groups is 1. The summed E-state index contributed by atoms with van der Waals surface area (Å²) < 4.78 is 0. The molecule has 1 aliphatic heterocycles. The molecular formula is C21H31IN6OS. The Morgan fingerprint density at radius 3 is 2.67 bits per heavy atom. The Kier molecular flexibility index (Phi) is 9.83. The zero-order valence-electron chi connectivity index (χ0n) is 17.8. The van der Waals surface area contributed by atoms with Crippen molar-refractivity contribution in [1.29, 1.82) is 0 Å². The Bertz CT molecular complexity index is 850. The average Bonchev–Trinajstić information content (AvgIpc) is 3.42. The Morgan fingerprint density at radius 1 is 1.27 bits per heavy atom. The van der Waals surface area contributed by atoms with E-state index >= 15 is 0 Å². The van der Waals surface area contributed by atoms with Crippen LogP contribution in [0, 0.1) is 6.92 Å². The number of aromatic nitrogens is 1. The molecule has 1 aromatic carbocycles. The minimum absolute atomic E-state index is 0. The largest absolute Gasteiger partial charge is 0.372 e. The lowest BCUT2D eigenvalue weighted by Gasteiger charge is -2.22. The second kappa shape index (κ2) is 12.1. The van der Waals surface area contributed by atoms with Gasteiger partial charge >= 0.3 is 0 Å². The highest BCUT2D eigenvalue weighted by molar-refractivity contribution is 14.0. The van der Waals surface area contributed by atoms with Crippen LogP contribution in [0.4, 0.5) is 5.69 Å². The van der Waals surface area contributed by atoms with Gasteiger partial charge in [0.15, 0.2) is 5.96 Å². The van der Waals surface area contributed by atoms with Crippen molar-refractivity contribution in [3.8, 4) is 0 Å². The van der Waals surface area contributed by atoms with Gasteiger partial charge in [-0.25, -0.2) is 4.98 Å². The number of nitrogens with zero attached hydrogens (tertiary/aromatic N) is 3. The van der Waals surface area contributed by atoms with Gasteiger partial charge in [0.2, 0.25) is 0 Å². The van der Waals surface area contributed by atoms with Crippen LogP contribution >= 0.6 is 35.3 Å². The molecule has 9 heteroatoms. The summed E-state index contributed by atoms with van der Waals surface area (Å²) in [6.45, 7) is 7.35. The van der Waals surface area contributed by atoms with Crippen LogP contribution in [0.2, 0.25) is 0 Å². The highest BCUT2D eigenvalue weighted by Crippen LogP contribution is 2.23. The van der Waals surface area contributed by atoms with Crippen molar-refractivity contribution in [3.63, 3.8) is 0 Å². The van der Waals surface area contributed by atoms with E-state index in [1.807, 2.05) is 6.92 Å². The van der Waals surface area contributed by atoms with Gasteiger partial charge in [-0.3, -0.25) is 9.79 Å². The molecule has 7 nitrogen and oxygen atoms in total. The summed E-state index contributed by atoms with van der Waals surface area (Å²) in [5, 5.41) is 9.59. The summed E-state index contributed by atoms with van der Waals surface area (Å²) in [5.74, 6) is 0.633. The number of aliphatic imine (C=N–C) groups is 1. The number of anilines is 1. The number of amides is 1. The monoisotopic (exact) mass is 542 g/mol. The maximum Gasteiger partial charge on any atom is 0.263 e. The van der Waals surface area contributed by atoms with Gasteiger partial charge in [-0.05, 0) is 44.4 Å². The van der Waals surface area contributed by atoms with E-state index in [0.717, 1.165) is 18.8 Å². The maximum atomic E-state index is 12.1. The van der Waals surface area contributed by atoms with Crippen molar-refractivity contribution in [2.75, 3.05) is 38.1 Å². The number of carbonyl (C=O) groups excluding carboxylic acids is 1. The quantitative estimate of drug-likeness (QED) is 0.217. The van der Waals surface area contributed by atoms with Crippen LogP contribution in [0.1, 0.15) is 46.7 Å². The third kappa shape index (κ3) is 6.56. The third-order valence-corrected chi connectivity index (χ3v) is 6.00. The van der Waals surface area contributed by atoms with Crippen molar-refractivity contribution in [2.45, 2.75) is 32.7 Å². The lowest BCUT2D eigenvalue weighted by molar-refractivity contribution is 0.0957. The molecule has 1 atom stereocenters. The molecule has 1 aliphatic rings. The van der Waals surface area contributed by atoms with Crippen molar-refractivity contribution in [2.24, 2.45) is 4.99 Å². The summed E-state index contributed by atoms with van der Waals surface area (Å²) in [6, 6.07) is 8.82. The normalized spacial score (nSPS) is 14.8. The fourth-order valence-electron chi connectivity index (χ4n) is 3.41. The minimum atomic E-state index is -0.0816. The Labute approximate surface area is 199 Å². The second-order valence-corrected chi connectivity index (χ2v) is 8.03. The standard InChI is InChI=1S/C21H30N6OS.HI/c1-15(17-7-6-8-18(13-17)27-11-4-5-12-27)26-21(22-3)24-10-9-23-20(28)19-16(2)25-14-29-19;/h6-8,13-15H,4-5,9-12H2,1-3H3,(H,23,28)(H2,22,24,26);1H. The van der Waals surface area contributed by atoms with Gasteiger partial charge in [0, 0.05) is 38.9 Å². The van der Waals surface area contributed by atoms with E-state index in [1.54, 1.807) is 12.6 Å². The fraction of sp³-hybridized carbons (Fsp3) is 0.476. The zero-order valence-corrected chi connectivity index (χ0v) is 20.9. The molecule has 0 spiro atoms. The SMILES string of the molecule is CN=C(NCCNC(=O)c1scnc1C)NC(C)c1cccc(N2CCCC2)c1.I. The molecule has 0 radical (unpaired) electrons. The number of aryl methyl sites for hydroxylation is 1. The van der Waals surface area contributed by atoms with Gasteiger partial charge in [0.25, 0.3) is 5.91 Å². The predicted molar refractivity (Wildman–Crippen MR) is 135 cm³/mol. The number of nitrogens with one attached hydrogen (secondary N) is 3. The van der Waals surface area contributed by atoms with Crippen LogP contribution in [0.5, 0.6) is 0 Å². The Balaban J connectivity index is 0.00000320. The lowest BCUT2D eigenvalue weighted by atomic mass is 10.1. The minimum Gasteiger partial charge on any atom is -0.372 e. The van der Waals surface area contributed by atoms with Crippen LogP contribution in [0.3, 0.4) is 0 Å². The highest BCUT2D eigenvalue weighted by Gasteiger charge is 2.15. The first kappa shape index (κ1) is 24.4. The molecule has 30 heavy (non-hydrogen) atoms. The number of halogens is 1. The molecule has 2 aromatic rings. The number of benzene rings is 1. The molecule has 1 fully saturated rings. The molecule has 0 saturated carbocycles. The summed E-state index contributed by atoms with van der Waals surface area (Å²) in [5.41, 5.74) is 4.97. The number of hydrogen-bond acceptors (Lipinski definition) is 5. The van der Waals surface area contributed by atoms with Crippen molar-refractivity contribution in [1.82, 2.24) is 20.9 Å². The molecule has 3 rings (SSSR count).